The molecule has 2 aromatic rings. The minimum atomic E-state index is 0.0481. The molecule has 0 atom stereocenters. The molecule has 0 spiro atoms. The van der Waals surface area contributed by atoms with E-state index < -0.39 is 0 Å². The normalized spacial score (nSPS) is 18.0. The van der Waals surface area contributed by atoms with Gasteiger partial charge >= 0.3 is 0 Å². The molecule has 0 heterocycles. The van der Waals surface area contributed by atoms with E-state index in [9.17, 15) is 0 Å². The average Bonchev–Trinajstić information content (AvgIpc) is 2.64. The molecule has 2 aromatic carbocycles. The first kappa shape index (κ1) is 19.5. The lowest BCUT2D eigenvalue weighted by molar-refractivity contribution is 0.296. The summed E-state index contributed by atoms with van der Waals surface area (Å²) in [5.41, 5.74) is 6.20. The quantitative estimate of drug-likeness (QED) is 0.568. The first-order valence-electron chi connectivity index (χ1n) is 9.75. The smallest absolute Gasteiger partial charge is 0.130 e. The van der Waals surface area contributed by atoms with Gasteiger partial charge < -0.3 is 9.47 Å². The Kier molecular flexibility index (Phi) is 5.12. The molecule has 0 aromatic heterocycles. The number of fused-ring (bicyclic) bond motifs is 1. The van der Waals surface area contributed by atoms with Crippen LogP contribution in [-0.4, -0.2) is 14.2 Å². The second-order valence-corrected chi connectivity index (χ2v) is 8.92. The summed E-state index contributed by atoms with van der Waals surface area (Å²) in [5, 5.41) is 0. The predicted molar refractivity (Wildman–Crippen MR) is 115 cm³/mol. The zero-order valence-electron chi connectivity index (χ0n) is 17.8. The minimum Gasteiger partial charge on any atom is -0.496 e. The van der Waals surface area contributed by atoms with Gasteiger partial charge in [0.25, 0.3) is 0 Å². The maximum atomic E-state index is 6.03. The van der Waals surface area contributed by atoms with Crippen LogP contribution in [-0.2, 0) is 10.8 Å². The summed E-state index contributed by atoms with van der Waals surface area (Å²) < 4.78 is 11.9. The Morgan fingerprint density at radius 2 is 1.48 bits per heavy atom. The molecular formula is C25H32O2. The van der Waals surface area contributed by atoms with E-state index in [1.807, 2.05) is 6.07 Å². The lowest BCUT2D eigenvalue weighted by atomic mass is 9.62. The Labute approximate surface area is 164 Å². The number of methoxy groups -OCH3 is 2. The van der Waals surface area contributed by atoms with Gasteiger partial charge in [-0.2, -0.15) is 0 Å². The second kappa shape index (κ2) is 7.07. The summed E-state index contributed by atoms with van der Waals surface area (Å²) in [6.07, 6.45) is 4.49. The molecule has 0 unspecified atom stereocenters. The van der Waals surface area contributed by atoms with E-state index >= 15 is 0 Å². The fourth-order valence-corrected chi connectivity index (χ4v) is 4.38. The molecule has 0 saturated heterocycles. The van der Waals surface area contributed by atoms with Crippen LogP contribution < -0.4 is 9.47 Å². The maximum absolute atomic E-state index is 6.03. The van der Waals surface area contributed by atoms with Crippen molar-refractivity contribution in [2.24, 2.45) is 0 Å². The molecule has 0 radical (unpaired) electrons. The number of hydrogen-bond donors (Lipinski definition) is 0. The molecule has 0 N–H and O–H groups in total. The van der Waals surface area contributed by atoms with Gasteiger partial charge in [0.2, 0.25) is 0 Å². The van der Waals surface area contributed by atoms with Crippen LogP contribution >= 0.6 is 0 Å². The molecule has 2 heteroatoms. The van der Waals surface area contributed by atoms with Crippen LogP contribution in [0.5, 0.6) is 11.5 Å². The molecule has 2 nitrogen and oxygen atoms in total. The highest BCUT2D eigenvalue weighted by atomic mass is 16.5. The number of benzene rings is 2. The first-order valence-corrected chi connectivity index (χ1v) is 9.75. The third-order valence-electron chi connectivity index (χ3n) is 6.00. The van der Waals surface area contributed by atoms with Crippen molar-refractivity contribution in [3.63, 3.8) is 0 Å². The van der Waals surface area contributed by atoms with Crippen LogP contribution in [0, 0.1) is 0 Å². The van der Waals surface area contributed by atoms with Crippen LogP contribution in [0.25, 0.3) is 11.6 Å². The zero-order chi connectivity index (χ0) is 19.8. The Hall–Kier alpha value is -2.22. The molecule has 0 fully saturated rings. The van der Waals surface area contributed by atoms with E-state index in [1.165, 1.54) is 22.3 Å². The third-order valence-corrected chi connectivity index (χ3v) is 6.00. The molecule has 144 valence electrons. The van der Waals surface area contributed by atoms with Crippen molar-refractivity contribution in [1.29, 1.82) is 0 Å². The van der Waals surface area contributed by atoms with Crippen molar-refractivity contribution in [3.8, 4) is 11.5 Å². The number of hydrogen-bond acceptors (Lipinski definition) is 2. The lowest BCUT2D eigenvalue weighted by Gasteiger charge is -2.43. The van der Waals surface area contributed by atoms with Gasteiger partial charge in [-0.3, -0.25) is 0 Å². The highest BCUT2D eigenvalue weighted by Crippen LogP contribution is 2.54. The Balaban J connectivity index is 2.30. The standard InChI is InChI=1S/C25H32O2/c1-17(15-18-11-9-8-10-12-18)19-16-20(26-6)21-22(23(19)27-7)25(4,5)14-13-24(21,2)3/h8-12,15-16H,13-14H2,1-7H3/b17-15+. The van der Waals surface area contributed by atoms with Crippen molar-refractivity contribution in [3.05, 3.63) is 58.7 Å². The summed E-state index contributed by atoms with van der Waals surface area (Å²) in [4.78, 5) is 0. The molecule has 0 aliphatic heterocycles. The highest BCUT2D eigenvalue weighted by Gasteiger charge is 2.42. The summed E-state index contributed by atoms with van der Waals surface area (Å²) in [7, 11) is 3.57. The summed E-state index contributed by atoms with van der Waals surface area (Å²) in [6, 6.07) is 12.6. The molecule has 1 aliphatic rings. The number of ether oxygens (including phenoxy) is 2. The van der Waals surface area contributed by atoms with E-state index in [-0.39, 0.29) is 10.8 Å². The second-order valence-electron chi connectivity index (χ2n) is 8.92. The van der Waals surface area contributed by atoms with Gasteiger partial charge in [-0.25, -0.2) is 0 Å². The van der Waals surface area contributed by atoms with Gasteiger partial charge in [-0.1, -0.05) is 64.1 Å². The van der Waals surface area contributed by atoms with Crippen LogP contribution in [0.4, 0.5) is 0 Å². The SMILES string of the molecule is COc1cc(/C(C)=C/c2ccccc2)c(OC)c2c1C(C)(C)CCC2(C)C. The Morgan fingerprint density at radius 3 is 2.04 bits per heavy atom. The topological polar surface area (TPSA) is 18.5 Å². The summed E-state index contributed by atoms with van der Waals surface area (Å²) >= 11 is 0. The van der Waals surface area contributed by atoms with Crippen molar-refractivity contribution in [2.75, 3.05) is 14.2 Å². The molecule has 0 amide bonds. The Morgan fingerprint density at radius 1 is 0.889 bits per heavy atom. The minimum absolute atomic E-state index is 0.0481. The van der Waals surface area contributed by atoms with E-state index in [1.54, 1.807) is 14.2 Å². The van der Waals surface area contributed by atoms with Gasteiger partial charge in [0, 0.05) is 16.7 Å². The van der Waals surface area contributed by atoms with E-state index in [0.29, 0.717) is 0 Å². The van der Waals surface area contributed by atoms with Crippen molar-refractivity contribution in [2.45, 2.75) is 58.3 Å². The molecule has 27 heavy (non-hydrogen) atoms. The van der Waals surface area contributed by atoms with Gasteiger partial charge in [0.1, 0.15) is 11.5 Å². The maximum Gasteiger partial charge on any atom is 0.130 e. The van der Waals surface area contributed by atoms with E-state index in [0.717, 1.165) is 29.9 Å². The highest BCUT2D eigenvalue weighted by molar-refractivity contribution is 5.85. The van der Waals surface area contributed by atoms with Gasteiger partial charge in [-0.05, 0) is 47.8 Å². The van der Waals surface area contributed by atoms with Gasteiger partial charge in [0.05, 0.1) is 14.2 Å². The van der Waals surface area contributed by atoms with Gasteiger partial charge in [-0.15, -0.1) is 0 Å². The number of allylic oxidation sites excluding steroid dienone is 1. The van der Waals surface area contributed by atoms with E-state index in [4.69, 9.17) is 9.47 Å². The van der Waals surface area contributed by atoms with Crippen molar-refractivity contribution in [1.82, 2.24) is 0 Å². The van der Waals surface area contributed by atoms with Gasteiger partial charge in [0.15, 0.2) is 0 Å². The fraction of sp³-hybridized carbons (Fsp3) is 0.440. The first-order chi connectivity index (χ1) is 12.7. The molecular weight excluding hydrogens is 332 g/mol. The monoisotopic (exact) mass is 364 g/mol. The molecule has 1 aliphatic carbocycles. The van der Waals surface area contributed by atoms with Crippen molar-refractivity contribution < 1.29 is 9.47 Å². The van der Waals surface area contributed by atoms with Crippen LogP contribution in [0.1, 0.15) is 69.7 Å². The fourth-order valence-electron chi connectivity index (χ4n) is 4.38. The van der Waals surface area contributed by atoms with Crippen molar-refractivity contribution >= 4 is 11.6 Å². The van der Waals surface area contributed by atoms with E-state index in [2.05, 4.69) is 71.0 Å². The summed E-state index contributed by atoms with van der Waals surface area (Å²) in [5.74, 6) is 1.97. The summed E-state index contributed by atoms with van der Waals surface area (Å²) in [6.45, 7) is 11.4. The average molecular weight is 365 g/mol. The predicted octanol–water partition coefficient (Wildman–Crippen LogP) is 6.61. The molecule has 3 rings (SSSR count). The molecule has 0 bridgehead atoms. The van der Waals surface area contributed by atoms with Crippen LogP contribution in [0.2, 0.25) is 0 Å². The number of rotatable bonds is 4. The van der Waals surface area contributed by atoms with Crippen LogP contribution in [0.15, 0.2) is 36.4 Å². The lowest BCUT2D eigenvalue weighted by Crippen LogP contribution is -2.35. The Bertz CT molecular complexity index is 858. The van der Waals surface area contributed by atoms with Crippen LogP contribution in [0.3, 0.4) is 0 Å². The zero-order valence-corrected chi connectivity index (χ0v) is 17.8. The molecule has 0 saturated carbocycles. The third kappa shape index (κ3) is 3.50. The largest absolute Gasteiger partial charge is 0.496 e.